The molecule has 2 fully saturated rings. The fraction of sp³-hybridized carbons (Fsp3) is 0.483. The number of carbonyl (C=O) groups excluding carboxylic acids is 3. The van der Waals surface area contributed by atoms with E-state index in [0.717, 1.165) is 22.6 Å². The van der Waals surface area contributed by atoms with E-state index >= 15 is 0 Å². The van der Waals surface area contributed by atoms with Crippen LogP contribution in [-0.2, 0) is 20.8 Å². The lowest BCUT2D eigenvalue weighted by atomic mass is 9.84. The highest BCUT2D eigenvalue weighted by molar-refractivity contribution is 5.96. The lowest BCUT2D eigenvalue weighted by Crippen LogP contribution is -2.42. The van der Waals surface area contributed by atoms with Crippen molar-refractivity contribution in [1.82, 2.24) is 15.5 Å². The first kappa shape index (κ1) is 32.8. The summed E-state index contributed by atoms with van der Waals surface area (Å²) in [5.74, 6) is -3.75. The summed E-state index contributed by atoms with van der Waals surface area (Å²) in [4.78, 5) is 39.4. The summed E-state index contributed by atoms with van der Waals surface area (Å²) in [7, 11) is 1.23. The summed E-state index contributed by atoms with van der Waals surface area (Å²) in [6.45, 7) is -1.03. The number of rotatable bonds is 10. The van der Waals surface area contributed by atoms with E-state index in [4.69, 9.17) is 9.47 Å². The number of carbonyl (C=O) groups is 3. The fourth-order valence-electron chi connectivity index (χ4n) is 5.32. The van der Waals surface area contributed by atoms with Gasteiger partial charge in [0.2, 0.25) is 0 Å². The fourth-order valence-corrected chi connectivity index (χ4v) is 5.32. The largest absolute Gasteiger partial charge is 0.503 e. The van der Waals surface area contributed by atoms with Crippen LogP contribution in [0.25, 0.3) is 0 Å². The Balaban J connectivity index is 1.55. The first-order valence-electron chi connectivity index (χ1n) is 14.0. The van der Waals surface area contributed by atoms with E-state index in [1.807, 2.05) is 5.32 Å². The first-order valence-corrected chi connectivity index (χ1v) is 14.0. The Labute approximate surface area is 249 Å². The third kappa shape index (κ3) is 8.07. The van der Waals surface area contributed by atoms with Gasteiger partial charge >= 0.3 is 18.3 Å². The maximum Gasteiger partial charge on any atom is 0.410 e. The van der Waals surface area contributed by atoms with Crippen LogP contribution in [0.1, 0.15) is 42.9 Å². The molecule has 4 N–H and O–H groups in total. The quantitative estimate of drug-likeness (QED) is 0.218. The molecule has 4 amide bonds. The highest BCUT2D eigenvalue weighted by Gasteiger charge is 2.48. The molecule has 2 aliphatic rings. The number of phenols is 1. The molecule has 1 aliphatic carbocycles. The number of hydrogen-bond donors (Lipinski definition) is 4. The molecule has 3 atom stereocenters. The molecule has 1 unspecified atom stereocenters. The molecular formula is C29H33F5N4O6. The van der Waals surface area contributed by atoms with Gasteiger partial charge in [0.1, 0.15) is 12.2 Å². The van der Waals surface area contributed by atoms with Gasteiger partial charge in [-0.3, -0.25) is 4.79 Å². The van der Waals surface area contributed by atoms with Crippen molar-refractivity contribution in [3.63, 3.8) is 0 Å². The Morgan fingerprint density at radius 1 is 1.14 bits per heavy atom. The Bertz CT molecular complexity index is 1320. The van der Waals surface area contributed by atoms with E-state index in [0.29, 0.717) is 0 Å². The standard InChI is InChI=1S/C29H33F5N4O6/c1-43-15-22(38-14-23(29(32,33)34)37-27(38)41)18-11-20(31)24(39)21(12-18)36-26(40)25(17-7-9-19(30)10-8-17)44-28(42)35-13-16-5-3-2-4-6-16/h2-6,11-12,17,19,22-23,25,39H,7-10,13-15H2,1H3,(H,35,42)(H,36,40)(H,37,41)/t17?,19?,22-,23+,25?/m1/s1. The second-order valence-electron chi connectivity index (χ2n) is 10.7. The number of hydrogen-bond acceptors (Lipinski definition) is 6. The number of alkyl carbamates (subject to hydrolysis) is 1. The van der Waals surface area contributed by atoms with E-state index < -0.39 is 78.3 Å². The number of urea groups is 1. The molecule has 1 saturated heterocycles. The molecular weight excluding hydrogens is 595 g/mol. The smallest absolute Gasteiger partial charge is 0.410 e. The molecule has 2 aromatic carbocycles. The van der Waals surface area contributed by atoms with Gasteiger partial charge in [-0.25, -0.2) is 18.4 Å². The van der Waals surface area contributed by atoms with Crippen molar-refractivity contribution in [3.8, 4) is 5.75 Å². The van der Waals surface area contributed by atoms with Gasteiger partial charge in [0.25, 0.3) is 5.91 Å². The van der Waals surface area contributed by atoms with Crippen LogP contribution in [0.3, 0.4) is 0 Å². The minimum absolute atomic E-state index is 0.0774. The van der Waals surface area contributed by atoms with Gasteiger partial charge < -0.3 is 35.4 Å². The molecule has 1 saturated carbocycles. The Hall–Kier alpha value is -4.14. The number of benzene rings is 2. The zero-order chi connectivity index (χ0) is 32.0. The van der Waals surface area contributed by atoms with Crippen LogP contribution in [0, 0.1) is 11.7 Å². The number of nitrogens with one attached hydrogen (secondary N) is 3. The third-order valence-electron chi connectivity index (χ3n) is 7.66. The average molecular weight is 629 g/mol. The first-order chi connectivity index (χ1) is 20.9. The van der Waals surface area contributed by atoms with Crippen LogP contribution < -0.4 is 16.0 Å². The summed E-state index contributed by atoms with van der Waals surface area (Å²) in [6.07, 6.45) is -7.49. The second kappa shape index (κ2) is 14.1. The number of ether oxygens (including phenoxy) is 2. The number of nitrogens with zero attached hydrogens (tertiary/aromatic N) is 1. The minimum atomic E-state index is -4.73. The van der Waals surface area contributed by atoms with Crippen LogP contribution in [0.2, 0.25) is 0 Å². The zero-order valence-electron chi connectivity index (χ0n) is 23.7. The zero-order valence-corrected chi connectivity index (χ0v) is 23.7. The van der Waals surface area contributed by atoms with Crippen LogP contribution in [0.4, 0.5) is 37.2 Å². The summed E-state index contributed by atoms with van der Waals surface area (Å²) < 4.78 is 79.2. The molecule has 1 heterocycles. The van der Waals surface area contributed by atoms with Crippen LogP contribution in [0.15, 0.2) is 42.5 Å². The van der Waals surface area contributed by atoms with Gasteiger partial charge in [-0.1, -0.05) is 30.3 Å². The topological polar surface area (TPSA) is 129 Å². The maximum absolute atomic E-state index is 14.9. The molecule has 1 aliphatic heterocycles. The molecule has 10 nitrogen and oxygen atoms in total. The van der Waals surface area contributed by atoms with Gasteiger partial charge in [-0.05, 0) is 48.9 Å². The van der Waals surface area contributed by atoms with Crippen LogP contribution in [-0.4, -0.2) is 72.8 Å². The normalized spacial score (nSPS) is 21.7. The predicted octanol–water partition coefficient (Wildman–Crippen LogP) is 4.94. The number of methoxy groups -OCH3 is 1. The monoisotopic (exact) mass is 628 g/mol. The predicted molar refractivity (Wildman–Crippen MR) is 147 cm³/mol. The Kier molecular flexibility index (Phi) is 10.5. The molecule has 0 aromatic heterocycles. The lowest BCUT2D eigenvalue weighted by Gasteiger charge is -2.30. The van der Waals surface area contributed by atoms with Gasteiger partial charge in [-0.15, -0.1) is 0 Å². The summed E-state index contributed by atoms with van der Waals surface area (Å²) >= 11 is 0. The van der Waals surface area contributed by atoms with E-state index in [2.05, 4.69) is 10.6 Å². The second-order valence-corrected chi connectivity index (χ2v) is 10.7. The molecule has 0 radical (unpaired) electrons. The number of anilines is 1. The van der Waals surface area contributed by atoms with E-state index in [1.54, 1.807) is 30.3 Å². The van der Waals surface area contributed by atoms with Crippen molar-refractivity contribution < 1.29 is 50.9 Å². The molecule has 44 heavy (non-hydrogen) atoms. The number of aromatic hydroxyl groups is 1. The molecule has 15 heteroatoms. The number of halogens is 5. The van der Waals surface area contributed by atoms with E-state index in [9.17, 15) is 41.4 Å². The summed E-state index contributed by atoms with van der Waals surface area (Å²) in [5.41, 5.74) is 0.210. The Morgan fingerprint density at radius 2 is 1.82 bits per heavy atom. The van der Waals surface area contributed by atoms with Crippen LogP contribution in [0.5, 0.6) is 5.75 Å². The number of phenolic OH excluding ortho intramolecular Hbond substituents is 1. The van der Waals surface area contributed by atoms with Crippen molar-refractivity contribution in [2.24, 2.45) is 5.92 Å². The summed E-state index contributed by atoms with van der Waals surface area (Å²) in [6, 6.07) is 6.34. The number of alkyl halides is 4. The molecule has 0 bridgehead atoms. The van der Waals surface area contributed by atoms with Crippen molar-refractivity contribution in [1.29, 1.82) is 0 Å². The third-order valence-corrected chi connectivity index (χ3v) is 7.66. The van der Waals surface area contributed by atoms with Crippen molar-refractivity contribution in [3.05, 3.63) is 59.4 Å². The van der Waals surface area contributed by atoms with Gasteiger partial charge in [0.05, 0.1) is 24.9 Å². The number of amides is 4. The summed E-state index contributed by atoms with van der Waals surface area (Å²) in [5, 5.41) is 17.2. The molecule has 240 valence electrons. The lowest BCUT2D eigenvalue weighted by molar-refractivity contribution is -0.150. The average Bonchev–Trinajstić information content (AvgIpc) is 3.38. The maximum atomic E-state index is 14.9. The highest BCUT2D eigenvalue weighted by Crippen LogP contribution is 2.36. The Morgan fingerprint density at radius 3 is 2.43 bits per heavy atom. The van der Waals surface area contributed by atoms with Gasteiger partial charge in [-0.2, -0.15) is 13.2 Å². The van der Waals surface area contributed by atoms with E-state index in [-0.39, 0.29) is 44.4 Å². The van der Waals surface area contributed by atoms with Crippen molar-refractivity contribution in [2.45, 2.75) is 62.8 Å². The van der Waals surface area contributed by atoms with E-state index in [1.165, 1.54) is 7.11 Å². The SMILES string of the molecule is COC[C@H](c1cc(F)c(O)c(NC(=O)C(OC(=O)NCc2ccccc2)C2CCC(F)CC2)c1)N1C[C@@H](C(F)(F)F)NC1=O. The van der Waals surface area contributed by atoms with Gasteiger partial charge in [0.15, 0.2) is 17.7 Å². The van der Waals surface area contributed by atoms with Crippen LogP contribution >= 0.6 is 0 Å². The van der Waals surface area contributed by atoms with Crippen molar-refractivity contribution in [2.75, 3.05) is 25.6 Å². The molecule has 2 aromatic rings. The minimum Gasteiger partial charge on any atom is -0.503 e. The van der Waals surface area contributed by atoms with Crippen molar-refractivity contribution >= 4 is 23.7 Å². The molecule has 4 rings (SSSR count). The highest BCUT2D eigenvalue weighted by atomic mass is 19.4. The molecule has 0 spiro atoms. The van der Waals surface area contributed by atoms with Gasteiger partial charge in [0, 0.05) is 19.6 Å².